The molecule has 4 rings (SSSR count). The largest absolute Gasteiger partial charge is 0.479 e. The number of Topliss-reactive ketones (excluding diaryl/α,β-unsaturated/α-hetero) is 1. The van der Waals surface area contributed by atoms with Gasteiger partial charge in [-0.15, -0.1) is 0 Å². The number of carboxylic acids is 1. The molecule has 0 bridgehead atoms. The van der Waals surface area contributed by atoms with Crippen molar-refractivity contribution in [3.63, 3.8) is 0 Å². The summed E-state index contributed by atoms with van der Waals surface area (Å²) in [6.45, 7) is 15.1. The molecule has 13 N–H and O–H groups in total. The molecule has 4 aliphatic heterocycles. The molecule has 0 amide bonds. The summed E-state index contributed by atoms with van der Waals surface area (Å²) < 4.78 is 47.1. The Morgan fingerprint density at radius 2 is 1.46 bits per heavy atom. The van der Waals surface area contributed by atoms with Gasteiger partial charge in [0.2, 0.25) is 0 Å². The lowest BCUT2D eigenvalue weighted by molar-refractivity contribution is -0.318. The summed E-state index contributed by atoms with van der Waals surface area (Å²) in [6, 6.07) is -0.324. The highest BCUT2D eigenvalue weighted by atomic mass is 16.7. The van der Waals surface area contributed by atoms with Crippen molar-refractivity contribution < 1.29 is 119 Å². The van der Waals surface area contributed by atoms with Crippen LogP contribution in [-0.2, 0) is 52.3 Å². The molecule has 0 aromatic rings. The number of carbonyl (C=O) groups excluding carboxylic acids is 2. The van der Waals surface area contributed by atoms with E-state index in [-0.39, 0.29) is 31.4 Å². The van der Waals surface area contributed by atoms with Gasteiger partial charge in [0.1, 0.15) is 60.2 Å². The lowest BCUT2D eigenvalue weighted by Gasteiger charge is -2.49. The van der Waals surface area contributed by atoms with E-state index in [0.29, 0.717) is 6.42 Å². The number of carboxylic acid groups (broad SMARTS) is 1. The Balaban J connectivity index is 0.000000524. The zero-order valence-electron chi connectivity index (χ0n) is 44.9. The van der Waals surface area contributed by atoms with E-state index in [4.69, 9.17) is 53.2 Å². The van der Waals surface area contributed by atoms with Crippen LogP contribution < -0.4 is 0 Å². The van der Waals surface area contributed by atoms with Gasteiger partial charge in [-0.1, -0.05) is 27.7 Å². The molecule has 0 spiro atoms. The summed E-state index contributed by atoms with van der Waals surface area (Å²) in [7, 11) is 5.18. The predicted molar refractivity (Wildman–Crippen MR) is 256 cm³/mol. The Hall–Kier alpha value is -2.19. The van der Waals surface area contributed by atoms with Gasteiger partial charge in [0, 0.05) is 43.7 Å². The number of likely N-dealkylation sites (N-methyl/N-ethyl adjacent to an activating group) is 1. The van der Waals surface area contributed by atoms with Gasteiger partial charge in [0.05, 0.1) is 67.0 Å². The SMILES string of the molecule is CC[C@H]1OC(=O)[C@H](C)[C@@H](O[C@@H]2C[C@@](C)(OC)[C@@H](O)[C@H](C)O2)[C@H](C)[C@@H](O[C@@H]2O[C@H](C)C[C@H](N(C)C)[C@H]2O)[C@](C)(O)C[C@@H](C)C(=O)[C@H](C)[C@@H](O)[C@@]1(C)O.O=C(O)[C@H](O)[C@@H](O)[C@H](O)[C@H](O)CO[C@@H]1[CH][C@@H](O)[C@H](O)[C@@H](CO)O1. The van der Waals surface area contributed by atoms with E-state index in [1.807, 2.05) is 25.9 Å². The number of esters is 1. The van der Waals surface area contributed by atoms with E-state index in [0.717, 1.165) is 6.42 Å². The number of ether oxygens (including phenoxy) is 8. The predicted octanol–water partition coefficient (Wildman–Crippen LogP) is -3.04. The Morgan fingerprint density at radius 1 is 0.851 bits per heavy atom. The van der Waals surface area contributed by atoms with E-state index in [2.05, 4.69) is 0 Å². The summed E-state index contributed by atoms with van der Waals surface area (Å²) in [5.74, 6) is -6.76. The van der Waals surface area contributed by atoms with Crippen molar-refractivity contribution in [1.29, 1.82) is 0 Å². The van der Waals surface area contributed by atoms with Crippen LogP contribution in [-0.4, -0.2) is 257 Å². The monoisotopic (exact) mass is 1070 g/mol. The number of methoxy groups -OCH3 is 1. The maximum Gasteiger partial charge on any atom is 0.335 e. The summed E-state index contributed by atoms with van der Waals surface area (Å²) in [5, 5.41) is 132. The molecule has 0 aromatic heterocycles. The van der Waals surface area contributed by atoms with Crippen LogP contribution in [0.5, 0.6) is 0 Å². The van der Waals surface area contributed by atoms with Crippen molar-refractivity contribution in [2.45, 2.75) is 228 Å². The van der Waals surface area contributed by atoms with E-state index in [1.54, 1.807) is 41.5 Å². The summed E-state index contributed by atoms with van der Waals surface area (Å²) >= 11 is 0. The fraction of sp³-hybridized carbons (Fsp3) is 0.918. The molecule has 26 atom stereocenters. The summed E-state index contributed by atoms with van der Waals surface area (Å²) in [5.41, 5.74) is -4.84. The smallest absolute Gasteiger partial charge is 0.335 e. The Bertz CT molecular complexity index is 1760. The summed E-state index contributed by atoms with van der Waals surface area (Å²) in [6.07, 6.45) is -22.0. The van der Waals surface area contributed by atoms with E-state index in [9.17, 15) is 65.4 Å². The van der Waals surface area contributed by atoms with Crippen LogP contribution in [0.1, 0.15) is 94.9 Å². The van der Waals surface area contributed by atoms with Gasteiger partial charge in [-0.3, -0.25) is 9.59 Å². The molecule has 1 radical (unpaired) electrons. The molecular formula is C49H88NO24. The Morgan fingerprint density at radius 3 is 2.00 bits per heavy atom. The molecule has 0 aromatic carbocycles. The van der Waals surface area contributed by atoms with Crippen LogP contribution in [0.3, 0.4) is 0 Å². The fourth-order valence-corrected chi connectivity index (χ4v) is 10.3. The first-order valence-electron chi connectivity index (χ1n) is 25.2. The molecule has 25 heteroatoms. The first-order valence-corrected chi connectivity index (χ1v) is 25.2. The van der Waals surface area contributed by atoms with Gasteiger partial charge >= 0.3 is 11.9 Å². The van der Waals surface area contributed by atoms with Gasteiger partial charge in [0.25, 0.3) is 0 Å². The minimum Gasteiger partial charge on any atom is -0.479 e. The highest BCUT2D eigenvalue weighted by molar-refractivity contribution is 5.83. The second-order valence-corrected chi connectivity index (χ2v) is 21.5. The molecule has 0 unspecified atom stereocenters. The third-order valence-corrected chi connectivity index (χ3v) is 15.1. The molecule has 0 saturated carbocycles. The number of cyclic esters (lactones) is 1. The van der Waals surface area contributed by atoms with Gasteiger partial charge in [-0.25, -0.2) is 4.79 Å². The Kier molecular flexibility index (Phi) is 24.7. The quantitative estimate of drug-likeness (QED) is 0.0725. The molecular weight excluding hydrogens is 987 g/mol. The van der Waals surface area contributed by atoms with Crippen LogP contribution in [0.25, 0.3) is 0 Å². The lowest BCUT2D eigenvalue weighted by atomic mass is 9.74. The third-order valence-electron chi connectivity index (χ3n) is 15.1. The molecule has 0 aliphatic carbocycles. The van der Waals surface area contributed by atoms with Crippen LogP contribution in [0.15, 0.2) is 0 Å². The number of hydrogen-bond acceptors (Lipinski definition) is 24. The molecule has 25 nitrogen and oxygen atoms in total. The van der Waals surface area contributed by atoms with Gasteiger partial charge < -0.3 is 109 Å². The van der Waals surface area contributed by atoms with Crippen LogP contribution in [0.4, 0.5) is 0 Å². The number of aliphatic hydroxyl groups excluding tert-OH is 10. The number of nitrogens with zero attached hydrogens (tertiary/aromatic N) is 1. The first kappa shape index (κ1) is 66.1. The summed E-state index contributed by atoms with van der Waals surface area (Å²) in [4.78, 5) is 40.2. The van der Waals surface area contributed by atoms with E-state index < -0.39 is 176 Å². The fourth-order valence-electron chi connectivity index (χ4n) is 10.3. The van der Waals surface area contributed by atoms with Crippen molar-refractivity contribution in [1.82, 2.24) is 4.90 Å². The molecule has 4 saturated heterocycles. The number of aliphatic carboxylic acids is 1. The second kappa shape index (κ2) is 27.6. The maximum atomic E-state index is 14.1. The average Bonchev–Trinajstić information content (AvgIpc) is 3.34. The van der Waals surface area contributed by atoms with Crippen molar-refractivity contribution in [2.24, 2.45) is 23.7 Å². The lowest BCUT2D eigenvalue weighted by Crippen LogP contribution is -2.61. The van der Waals surface area contributed by atoms with Crippen molar-refractivity contribution in [3.05, 3.63) is 6.42 Å². The molecule has 433 valence electrons. The normalized spacial score (nSPS) is 44.8. The Labute approximate surface area is 433 Å². The van der Waals surface area contributed by atoms with Crippen LogP contribution in [0.2, 0.25) is 0 Å². The van der Waals surface area contributed by atoms with E-state index >= 15 is 0 Å². The van der Waals surface area contributed by atoms with Crippen LogP contribution in [0, 0.1) is 30.1 Å². The van der Waals surface area contributed by atoms with Crippen LogP contribution >= 0.6 is 0 Å². The molecule has 4 fully saturated rings. The topological polar surface area (TPSA) is 391 Å². The third kappa shape index (κ3) is 16.0. The highest BCUT2D eigenvalue weighted by Gasteiger charge is 2.54. The molecule has 74 heavy (non-hydrogen) atoms. The molecule has 4 aliphatic rings. The van der Waals surface area contributed by atoms with Crippen molar-refractivity contribution in [2.75, 3.05) is 34.4 Å². The standard InChI is InChI=1S/C37H67NO13.C12H21O11/c1-14-25-37(10,45)30(41)20(4)27(39)18(2)16-35(8,44)32(51-34-28(40)24(38(11)12)15-19(3)47-34)21(5)29(22(6)33(43)49-25)50-26-17-36(9,46-13)31(42)23(7)48-26;13-2-6-8(16)4(14)1-7(23-6)22-3-5(15)9(17)10(18)11(19)12(20)21/h18-26,28-32,34,40-42,44-45H,14-17H2,1-13H3;1,4-11,13-19H,2-3H2,(H,20,21)/t18-,19-,20+,21+,22-,23+,24+,25-,26-,28-,29+,30-,31+,32-,34+,35-,36-,37+;4-,5-,6-,7+,8+,9-,10+,11-/m11/s1. The molecule has 4 heterocycles. The maximum absolute atomic E-state index is 14.1. The highest BCUT2D eigenvalue weighted by Crippen LogP contribution is 2.41. The number of hydrogen-bond donors (Lipinski definition) is 13. The van der Waals surface area contributed by atoms with E-state index in [1.165, 1.54) is 27.9 Å². The van der Waals surface area contributed by atoms with Gasteiger partial charge in [-0.05, 0) is 74.9 Å². The average molecular weight is 1080 g/mol. The van der Waals surface area contributed by atoms with Crippen molar-refractivity contribution in [3.8, 4) is 0 Å². The second-order valence-electron chi connectivity index (χ2n) is 21.5. The first-order chi connectivity index (χ1) is 34.1. The number of rotatable bonds is 15. The van der Waals surface area contributed by atoms with Crippen molar-refractivity contribution >= 4 is 17.7 Å². The van der Waals surface area contributed by atoms with Gasteiger partial charge in [-0.2, -0.15) is 0 Å². The zero-order valence-corrected chi connectivity index (χ0v) is 44.9. The minimum absolute atomic E-state index is 0.0936. The number of carbonyl (C=O) groups is 3. The van der Waals surface area contributed by atoms with Gasteiger partial charge in [0.15, 0.2) is 25.0 Å². The zero-order chi connectivity index (χ0) is 56.7. The number of ketones is 1. The number of aliphatic hydroxyl groups is 12. The minimum atomic E-state index is -2.30.